The zero-order chi connectivity index (χ0) is 11.5. The van der Waals surface area contributed by atoms with Crippen LogP contribution in [-0.4, -0.2) is 0 Å². The van der Waals surface area contributed by atoms with Crippen LogP contribution in [0.4, 0.5) is 0 Å². The predicted molar refractivity (Wildman–Crippen MR) is 72.6 cm³/mol. The molecule has 1 aromatic heterocycles. The Morgan fingerprint density at radius 1 is 1.25 bits per heavy atom. The van der Waals surface area contributed by atoms with Crippen molar-refractivity contribution in [3.8, 4) is 0 Å². The number of hydrogen-bond donors (Lipinski definition) is 2. The first-order valence-corrected chi connectivity index (χ1v) is 6.67. The number of benzene rings is 1. The molecular formula is C11H10BrClN2S. The Morgan fingerprint density at radius 2 is 2.00 bits per heavy atom. The Hall–Kier alpha value is -0.390. The Morgan fingerprint density at radius 3 is 2.56 bits per heavy atom. The topological polar surface area (TPSA) is 38.0 Å². The molecule has 0 saturated carbocycles. The molecule has 1 heterocycles. The Labute approximate surface area is 112 Å². The summed E-state index contributed by atoms with van der Waals surface area (Å²) in [5.74, 6) is 5.61. The summed E-state index contributed by atoms with van der Waals surface area (Å²) in [4.78, 5) is 1.10. The smallest absolute Gasteiger partial charge is 0.0931 e. The van der Waals surface area contributed by atoms with E-state index in [-0.39, 0.29) is 6.04 Å². The summed E-state index contributed by atoms with van der Waals surface area (Å²) in [5, 5.41) is 0. The monoisotopic (exact) mass is 316 g/mol. The van der Waals surface area contributed by atoms with E-state index in [1.807, 2.05) is 36.4 Å². The van der Waals surface area contributed by atoms with Crippen LogP contribution in [0.2, 0.25) is 4.34 Å². The molecule has 2 rings (SSSR count). The predicted octanol–water partition coefficient (Wildman–Crippen LogP) is 3.72. The lowest BCUT2D eigenvalue weighted by atomic mass is 10.1. The number of nitrogens with one attached hydrogen (secondary N) is 1. The van der Waals surface area contributed by atoms with Gasteiger partial charge in [0.1, 0.15) is 0 Å². The van der Waals surface area contributed by atoms with Gasteiger partial charge in [0, 0.05) is 9.35 Å². The molecule has 0 amide bonds. The fraction of sp³-hybridized carbons (Fsp3) is 0.0909. The summed E-state index contributed by atoms with van der Waals surface area (Å²) < 4.78 is 1.80. The molecule has 0 bridgehead atoms. The summed E-state index contributed by atoms with van der Waals surface area (Å²) in [7, 11) is 0. The maximum Gasteiger partial charge on any atom is 0.0931 e. The SMILES string of the molecule is NNC(c1ccc(Cl)s1)c1ccccc1Br. The van der Waals surface area contributed by atoms with Crippen molar-refractivity contribution >= 4 is 38.9 Å². The van der Waals surface area contributed by atoms with Gasteiger partial charge in [-0.05, 0) is 23.8 Å². The number of halogens is 2. The first kappa shape index (κ1) is 12.1. The van der Waals surface area contributed by atoms with Crippen molar-refractivity contribution in [3.63, 3.8) is 0 Å². The van der Waals surface area contributed by atoms with E-state index in [0.717, 1.165) is 19.2 Å². The molecule has 0 aliphatic heterocycles. The van der Waals surface area contributed by atoms with Gasteiger partial charge in [-0.1, -0.05) is 45.7 Å². The molecule has 3 N–H and O–H groups in total. The highest BCUT2D eigenvalue weighted by Gasteiger charge is 2.16. The molecule has 0 radical (unpaired) electrons. The van der Waals surface area contributed by atoms with E-state index in [4.69, 9.17) is 17.4 Å². The van der Waals surface area contributed by atoms with Crippen LogP contribution >= 0.6 is 38.9 Å². The molecule has 1 aromatic carbocycles. The Balaban J connectivity index is 2.40. The minimum atomic E-state index is -0.0342. The molecule has 2 aromatic rings. The molecular weight excluding hydrogens is 308 g/mol. The van der Waals surface area contributed by atoms with Crippen LogP contribution in [0, 0.1) is 0 Å². The van der Waals surface area contributed by atoms with Crippen LogP contribution in [0.1, 0.15) is 16.5 Å². The summed E-state index contributed by atoms with van der Waals surface area (Å²) in [6, 6.07) is 11.8. The maximum atomic E-state index is 5.93. The average molecular weight is 318 g/mol. The minimum Gasteiger partial charge on any atom is -0.271 e. The minimum absolute atomic E-state index is 0.0342. The number of nitrogens with two attached hydrogens (primary N) is 1. The van der Waals surface area contributed by atoms with Crippen molar-refractivity contribution in [2.45, 2.75) is 6.04 Å². The fourth-order valence-electron chi connectivity index (χ4n) is 1.52. The standard InChI is InChI=1S/C11H10BrClN2S/c12-8-4-2-1-3-7(8)11(15-14)9-5-6-10(13)16-9/h1-6,11,15H,14H2. The van der Waals surface area contributed by atoms with Crippen molar-refractivity contribution < 1.29 is 0 Å². The number of rotatable bonds is 3. The van der Waals surface area contributed by atoms with Crippen molar-refractivity contribution in [1.82, 2.24) is 5.43 Å². The van der Waals surface area contributed by atoms with Gasteiger partial charge in [-0.3, -0.25) is 5.84 Å². The van der Waals surface area contributed by atoms with E-state index in [2.05, 4.69) is 21.4 Å². The van der Waals surface area contributed by atoms with Gasteiger partial charge in [-0.2, -0.15) is 0 Å². The van der Waals surface area contributed by atoms with Gasteiger partial charge in [0.15, 0.2) is 0 Å². The summed E-state index contributed by atoms with van der Waals surface area (Å²) in [6.07, 6.45) is 0. The molecule has 0 saturated heterocycles. The first-order valence-electron chi connectivity index (χ1n) is 4.68. The largest absolute Gasteiger partial charge is 0.271 e. The molecule has 5 heteroatoms. The molecule has 1 unspecified atom stereocenters. The van der Waals surface area contributed by atoms with Crippen molar-refractivity contribution in [3.05, 3.63) is 55.6 Å². The van der Waals surface area contributed by atoms with E-state index < -0.39 is 0 Å². The van der Waals surface area contributed by atoms with Crippen LogP contribution in [0.5, 0.6) is 0 Å². The average Bonchev–Trinajstić information content (AvgIpc) is 2.69. The fourth-order valence-corrected chi connectivity index (χ4v) is 3.17. The highest BCUT2D eigenvalue weighted by Crippen LogP contribution is 2.33. The van der Waals surface area contributed by atoms with Crippen molar-refractivity contribution in [2.75, 3.05) is 0 Å². The maximum absolute atomic E-state index is 5.93. The summed E-state index contributed by atoms with van der Waals surface area (Å²) in [6.45, 7) is 0. The van der Waals surface area contributed by atoms with E-state index in [1.54, 1.807) is 0 Å². The molecule has 0 aliphatic rings. The molecule has 0 aliphatic carbocycles. The zero-order valence-electron chi connectivity index (χ0n) is 8.28. The van der Waals surface area contributed by atoms with Crippen molar-refractivity contribution in [1.29, 1.82) is 0 Å². The highest BCUT2D eigenvalue weighted by molar-refractivity contribution is 9.10. The van der Waals surface area contributed by atoms with E-state index in [1.165, 1.54) is 11.3 Å². The second-order valence-electron chi connectivity index (χ2n) is 3.26. The first-order chi connectivity index (χ1) is 7.72. The van der Waals surface area contributed by atoms with E-state index in [0.29, 0.717) is 0 Å². The third kappa shape index (κ3) is 2.47. The van der Waals surface area contributed by atoms with Crippen LogP contribution in [-0.2, 0) is 0 Å². The van der Waals surface area contributed by atoms with Crippen LogP contribution in [0.25, 0.3) is 0 Å². The van der Waals surface area contributed by atoms with E-state index >= 15 is 0 Å². The van der Waals surface area contributed by atoms with Gasteiger partial charge in [-0.25, -0.2) is 5.43 Å². The number of hydrazine groups is 1. The zero-order valence-corrected chi connectivity index (χ0v) is 11.4. The third-order valence-corrected chi connectivity index (χ3v) is 4.28. The van der Waals surface area contributed by atoms with Crippen LogP contribution in [0.3, 0.4) is 0 Å². The summed E-state index contributed by atoms with van der Waals surface area (Å²) >= 11 is 11.0. The van der Waals surface area contributed by atoms with Gasteiger partial charge >= 0.3 is 0 Å². The molecule has 0 fully saturated rings. The molecule has 2 nitrogen and oxygen atoms in total. The molecule has 16 heavy (non-hydrogen) atoms. The lowest BCUT2D eigenvalue weighted by Crippen LogP contribution is -2.28. The Bertz CT molecular complexity index is 486. The van der Waals surface area contributed by atoms with Gasteiger partial charge in [0.2, 0.25) is 0 Å². The van der Waals surface area contributed by atoms with Crippen molar-refractivity contribution in [2.24, 2.45) is 5.84 Å². The molecule has 84 valence electrons. The lowest BCUT2D eigenvalue weighted by molar-refractivity contribution is 0.644. The van der Waals surface area contributed by atoms with Gasteiger partial charge in [-0.15, -0.1) is 11.3 Å². The quantitative estimate of drug-likeness (QED) is 0.669. The van der Waals surface area contributed by atoms with Gasteiger partial charge < -0.3 is 0 Å². The van der Waals surface area contributed by atoms with Gasteiger partial charge in [0.25, 0.3) is 0 Å². The second-order valence-corrected chi connectivity index (χ2v) is 5.86. The number of thiophene rings is 1. The van der Waals surface area contributed by atoms with Crippen LogP contribution in [0.15, 0.2) is 40.9 Å². The second kappa shape index (κ2) is 5.29. The summed E-state index contributed by atoms with van der Waals surface area (Å²) in [5.41, 5.74) is 3.91. The molecule has 0 spiro atoms. The van der Waals surface area contributed by atoms with Gasteiger partial charge in [0.05, 0.1) is 10.4 Å². The third-order valence-electron chi connectivity index (χ3n) is 2.26. The molecule has 1 atom stereocenters. The number of hydrogen-bond acceptors (Lipinski definition) is 3. The Kier molecular flexibility index (Phi) is 4.00. The normalized spacial score (nSPS) is 12.7. The van der Waals surface area contributed by atoms with E-state index in [9.17, 15) is 0 Å². The van der Waals surface area contributed by atoms with Crippen LogP contribution < -0.4 is 11.3 Å². The highest BCUT2D eigenvalue weighted by atomic mass is 79.9. The lowest BCUT2D eigenvalue weighted by Gasteiger charge is -2.16.